The Morgan fingerprint density at radius 1 is 1.33 bits per heavy atom. The van der Waals surface area contributed by atoms with E-state index in [1.165, 1.54) is 31.4 Å². The molecule has 3 rings (SSSR count). The van der Waals surface area contributed by atoms with Crippen LogP contribution in [0.2, 0.25) is 5.02 Å². The van der Waals surface area contributed by atoms with E-state index in [2.05, 4.69) is 5.32 Å². The third kappa shape index (κ3) is 2.07. The molecule has 0 heterocycles. The minimum Gasteiger partial charge on any atom is -0.507 e. The van der Waals surface area contributed by atoms with Crippen molar-refractivity contribution in [3.63, 3.8) is 0 Å². The van der Waals surface area contributed by atoms with Crippen molar-refractivity contribution < 1.29 is 9.90 Å². The number of fused-ring (bicyclic) bond motifs is 2. The van der Waals surface area contributed by atoms with Crippen molar-refractivity contribution in [2.24, 2.45) is 11.8 Å². The van der Waals surface area contributed by atoms with E-state index in [-0.39, 0.29) is 23.3 Å². The summed E-state index contributed by atoms with van der Waals surface area (Å²) in [5, 5.41) is 13.2. The van der Waals surface area contributed by atoms with Crippen LogP contribution in [0.4, 0.5) is 0 Å². The zero-order valence-corrected chi connectivity index (χ0v) is 10.8. The summed E-state index contributed by atoms with van der Waals surface area (Å²) in [5.74, 6) is 1.18. The number of aromatic hydroxyl groups is 1. The lowest BCUT2D eigenvalue weighted by atomic mass is 9.95. The van der Waals surface area contributed by atoms with Crippen molar-refractivity contribution in [3.05, 3.63) is 28.8 Å². The van der Waals surface area contributed by atoms with E-state index in [4.69, 9.17) is 11.6 Å². The predicted molar refractivity (Wildman–Crippen MR) is 69.8 cm³/mol. The lowest BCUT2D eigenvalue weighted by Gasteiger charge is -2.23. The third-order valence-corrected chi connectivity index (χ3v) is 4.49. The zero-order valence-electron chi connectivity index (χ0n) is 10.0. The van der Waals surface area contributed by atoms with Gasteiger partial charge in [-0.1, -0.05) is 18.0 Å². The first-order chi connectivity index (χ1) is 8.63. The predicted octanol–water partition coefficient (Wildman–Crippen LogP) is 2.96. The molecule has 2 aliphatic carbocycles. The molecular formula is C14H16ClNO2. The van der Waals surface area contributed by atoms with Gasteiger partial charge in [-0.15, -0.1) is 0 Å². The Bertz CT molecular complexity index is 489. The van der Waals surface area contributed by atoms with Gasteiger partial charge in [0.2, 0.25) is 0 Å². The molecule has 3 nitrogen and oxygen atoms in total. The Morgan fingerprint density at radius 2 is 2.17 bits per heavy atom. The number of carbonyl (C=O) groups is 1. The number of phenols is 1. The van der Waals surface area contributed by atoms with Gasteiger partial charge in [-0.3, -0.25) is 4.79 Å². The molecule has 1 aromatic rings. The normalized spacial score (nSPS) is 29.5. The molecule has 96 valence electrons. The van der Waals surface area contributed by atoms with Gasteiger partial charge in [0, 0.05) is 11.1 Å². The van der Waals surface area contributed by atoms with Crippen molar-refractivity contribution in [1.82, 2.24) is 5.32 Å². The maximum Gasteiger partial charge on any atom is 0.255 e. The Hall–Kier alpha value is -1.22. The van der Waals surface area contributed by atoms with Crippen LogP contribution in [0.3, 0.4) is 0 Å². The molecule has 3 atom stereocenters. The van der Waals surface area contributed by atoms with E-state index in [1.807, 2.05) is 0 Å². The highest BCUT2D eigenvalue weighted by Crippen LogP contribution is 2.44. The number of amides is 1. The summed E-state index contributed by atoms with van der Waals surface area (Å²) in [7, 11) is 0. The van der Waals surface area contributed by atoms with Gasteiger partial charge in [0.05, 0.1) is 5.56 Å². The molecule has 2 saturated carbocycles. The van der Waals surface area contributed by atoms with E-state index in [0.29, 0.717) is 10.9 Å². The Morgan fingerprint density at radius 3 is 2.83 bits per heavy atom. The Labute approximate surface area is 111 Å². The molecule has 0 saturated heterocycles. The fourth-order valence-corrected chi connectivity index (χ4v) is 3.53. The second-order valence-corrected chi connectivity index (χ2v) is 5.85. The molecule has 2 aliphatic rings. The monoisotopic (exact) mass is 265 g/mol. The van der Waals surface area contributed by atoms with Crippen LogP contribution in [0.1, 0.15) is 36.0 Å². The number of phenolic OH excluding ortho intramolecular Hbond substituents is 1. The van der Waals surface area contributed by atoms with Gasteiger partial charge in [0.1, 0.15) is 5.75 Å². The van der Waals surface area contributed by atoms with Gasteiger partial charge >= 0.3 is 0 Å². The average Bonchev–Trinajstić information content (AvgIpc) is 2.94. The highest BCUT2D eigenvalue weighted by molar-refractivity contribution is 6.31. The number of carbonyl (C=O) groups excluding carboxylic acids is 1. The quantitative estimate of drug-likeness (QED) is 0.864. The maximum atomic E-state index is 12.1. The minimum atomic E-state index is -0.215. The molecule has 0 radical (unpaired) electrons. The van der Waals surface area contributed by atoms with E-state index >= 15 is 0 Å². The van der Waals surface area contributed by atoms with Crippen molar-refractivity contribution >= 4 is 17.5 Å². The summed E-state index contributed by atoms with van der Waals surface area (Å²) in [6, 6.07) is 4.82. The fourth-order valence-electron chi connectivity index (χ4n) is 3.36. The summed E-state index contributed by atoms with van der Waals surface area (Å²) < 4.78 is 0. The van der Waals surface area contributed by atoms with Crippen LogP contribution >= 0.6 is 11.6 Å². The average molecular weight is 266 g/mol. The van der Waals surface area contributed by atoms with Gasteiger partial charge in [-0.2, -0.15) is 0 Å². The van der Waals surface area contributed by atoms with Crippen LogP contribution in [-0.4, -0.2) is 17.1 Å². The second-order valence-electron chi connectivity index (χ2n) is 5.42. The molecule has 2 bridgehead atoms. The number of rotatable bonds is 2. The lowest BCUT2D eigenvalue weighted by Crippen LogP contribution is -2.38. The summed E-state index contributed by atoms with van der Waals surface area (Å²) in [5.41, 5.74) is 0.269. The van der Waals surface area contributed by atoms with Crippen molar-refractivity contribution in [3.8, 4) is 5.75 Å². The van der Waals surface area contributed by atoms with Gasteiger partial charge < -0.3 is 10.4 Å². The van der Waals surface area contributed by atoms with Gasteiger partial charge in [-0.05, 0) is 49.3 Å². The molecule has 4 heteroatoms. The highest BCUT2D eigenvalue weighted by Gasteiger charge is 2.40. The molecule has 1 amide bonds. The van der Waals surface area contributed by atoms with Crippen LogP contribution in [-0.2, 0) is 0 Å². The van der Waals surface area contributed by atoms with E-state index in [9.17, 15) is 9.90 Å². The molecule has 2 fully saturated rings. The minimum absolute atomic E-state index is 0.0138. The Kier molecular flexibility index (Phi) is 2.94. The molecule has 18 heavy (non-hydrogen) atoms. The molecule has 0 spiro atoms. The standard InChI is InChI=1S/C14H16ClNO2/c15-10-3-4-13(17)11(7-10)14(18)16-12-6-8-1-2-9(12)5-8/h3-4,7-9,12,17H,1-2,5-6H2,(H,16,18). The molecule has 1 aromatic carbocycles. The molecule has 0 aliphatic heterocycles. The number of nitrogens with one attached hydrogen (secondary N) is 1. The number of halogens is 1. The van der Waals surface area contributed by atoms with Gasteiger partial charge in [0.25, 0.3) is 5.91 Å². The topological polar surface area (TPSA) is 49.3 Å². The Balaban J connectivity index is 1.73. The van der Waals surface area contributed by atoms with Crippen LogP contribution < -0.4 is 5.32 Å². The van der Waals surface area contributed by atoms with E-state index in [1.54, 1.807) is 6.07 Å². The van der Waals surface area contributed by atoms with Crippen LogP contribution in [0, 0.1) is 11.8 Å². The first-order valence-electron chi connectivity index (χ1n) is 6.43. The number of hydrogen-bond acceptors (Lipinski definition) is 2. The largest absolute Gasteiger partial charge is 0.507 e. The fraction of sp³-hybridized carbons (Fsp3) is 0.500. The zero-order chi connectivity index (χ0) is 12.7. The van der Waals surface area contributed by atoms with E-state index < -0.39 is 0 Å². The maximum absolute atomic E-state index is 12.1. The van der Waals surface area contributed by atoms with Gasteiger partial charge in [0.15, 0.2) is 0 Å². The SMILES string of the molecule is O=C(NC1CC2CCC1C2)c1cc(Cl)ccc1O. The number of hydrogen-bond donors (Lipinski definition) is 2. The summed E-state index contributed by atoms with van der Waals surface area (Å²) in [6.45, 7) is 0. The van der Waals surface area contributed by atoms with Gasteiger partial charge in [-0.25, -0.2) is 0 Å². The smallest absolute Gasteiger partial charge is 0.255 e. The highest BCUT2D eigenvalue weighted by atomic mass is 35.5. The molecule has 2 N–H and O–H groups in total. The van der Waals surface area contributed by atoms with Crippen molar-refractivity contribution in [2.45, 2.75) is 31.7 Å². The molecule has 0 aromatic heterocycles. The first kappa shape index (κ1) is 11.8. The first-order valence-corrected chi connectivity index (χ1v) is 6.80. The van der Waals surface area contributed by atoms with E-state index in [0.717, 1.165) is 12.3 Å². The van der Waals surface area contributed by atoms with Crippen LogP contribution in [0.5, 0.6) is 5.75 Å². The molecule has 3 unspecified atom stereocenters. The summed E-state index contributed by atoms with van der Waals surface area (Å²) in [6.07, 6.45) is 4.85. The molecular weight excluding hydrogens is 250 g/mol. The van der Waals surface area contributed by atoms with Crippen molar-refractivity contribution in [1.29, 1.82) is 0 Å². The second kappa shape index (κ2) is 4.47. The lowest BCUT2D eigenvalue weighted by molar-refractivity contribution is 0.0920. The third-order valence-electron chi connectivity index (χ3n) is 4.26. The van der Waals surface area contributed by atoms with Crippen LogP contribution in [0.15, 0.2) is 18.2 Å². The summed E-state index contributed by atoms with van der Waals surface area (Å²) in [4.78, 5) is 12.1. The summed E-state index contributed by atoms with van der Waals surface area (Å²) >= 11 is 5.85. The van der Waals surface area contributed by atoms with Crippen molar-refractivity contribution in [2.75, 3.05) is 0 Å². The van der Waals surface area contributed by atoms with Crippen LogP contribution in [0.25, 0.3) is 0 Å². The number of benzene rings is 1.